The van der Waals surface area contributed by atoms with E-state index >= 15 is 0 Å². The quantitative estimate of drug-likeness (QED) is 0.466. The highest BCUT2D eigenvalue weighted by Gasteiger charge is 2.28. The van der Waals surface area contributed by atoms with Crippen molar-refractivity contribution in [1.29, 1.82) is 0 Å². The molecule has 1 aliphatic rings. The summed E-state index contributed by atoms with van der Waals surface area (Å²) >= 11 is 0. The largest absolute Gasteiger partial charge is 0.489 e. The molecule has 0 radical (unpaired) electrons. The summed E-state index contributed by atoms with van der Waals surface area (Å²) in [5.41, 5.74) is 2.62. The molecule has 3 N–H and O–H groups in total. The molecule has 1 saturated carbocycles. The molecule has 184 valence electrons. The van der Waals surface area contributed by atoms with Gasteiger partial charge in [0.25, 0.3) is 0 Å². The van der Waals surface area contributed by atoms with Gasteiger partial charge in [-0.25, -0.2) is 14.5 Å². The third-order valence-electron chi connectivity index (χ3n) is 6.25. The molecular weight excluding hydrogens is 448 g/mol. The van der Waals surface area contributed by atoms with Crippen molar-refractivity contribution in [3.63, 3.8) is 0 Å². The van der Waals surface area contributed by atoms with Crippen LogP contribution in [0, 0.1) is 12.8 Å². The van der Waals surface area contributed by atoms with Crippen molar-refractivity contribution in [2.24, 2.45) is 13.0 Å². The Bertz CT molecular complexity index is 1200. The van der Waals surface area contributed by atoms with Gasteiger partial charge in [-0.05, 0) is 57.2 Å². The number of aryl methyl sites for hydroxylation is 2. The molecule has 0 aliphatic heterocycles. The number of nitrogens with zero attached hydrogens (tertiary/aromatic N) is 4. The Morgan fingerprint density at radius 2 is 1.94 bits per heavy atom. The minimum absolute atomic E-state index is 0.153. The van der Waals surface area contributed by atoms with E-state index in [2.05, 4.69) is 25.9 Å². The first-order valence-corrected chi connectivity index (χ1v) is 11.7. The molecule has 0 bridgehead atoms. The highest BCUT2D eigenvalue weighted by atomic mass is 16.5. The Morgan fingerprint density at radius 1 is 1.17 bits per heavy atom. The molecule has 3 aromatic rings. The van der Waals surface area contributed by atoms with Gasteiger partial charge in [0.05, 0.1) is 29.5 Å². The number of aromatic nitrogens is 4. The van der Waals surface area contributed by atoms with Gasteiger partial charge in [0.15, 0.2) is 11.5 Å². The lowest BCUT2D eigenvalue weighted by atomic mass is 9.87. The van der Waals surface area contributed by atoms with Crippen molar-refractivity contribution in [1.82, 2.24) is 25.3 Å². The van der Waals surface area contributed by atoms with Crippen molar-refractivity contribution in [3.05, 3.63) is 53.7 Å². The van der Waals surface area contributed by atoms with Crippen LogP contribution < -0.4 is 15.4 Å². The van der Waals surface area contributed by atoms with Crippen LogP contribution in [0.3, 0.4) is 0 Å². The van der Waals surface area contributed by atoms with Gasteiger partial charge in [0.1, 0.15) is 5.75 Å². The number of pyridine rings is 1. The average Bonchev–Trinajstić information content (AvgIpc) is 3.20. The van der Waals surface area contributed by atoms with E-state index < -0.39 is 5.97 Å². The summed E-state index contributed by atoms with van der Waals surface area (Å²) in [7, 11) is 1.69. The van der Waals surface area contributed by atoms with Gasteiger partial charge in [-0.2, -0.15) is 0 Å². The topological polar surface area (TPSA) is 131 Å². The number of hydrogen-bond donors (Lipinski definition) is 3. The lowest BCUT2D eigenvalue weighted by Gasteiger charge is -2.27. The number of ether oxygens (including phenoxy) is 1. The molecule has 2 heterocycles. The van der Waals surface area contributed by atoms with E-state index in [9.17, 15) is 14.7 Å². The minimum atomic E-state index is -0.770. The van der Waals surface area contributed by atoms with Gasteiger partial charge in [-0.3, -0.25) is 10.1 Å². The second-order valence-electron chi connectivity index (χ2n) is 8.86. The molecule has 4 rings (SSSR count). The summed E-state index contributed by atoms with van der Waals surface area (Å²) in [5, 5.41) is 23.3. The van der Waals surface area contributed by atoms with Crippen LogP contribution in [0.1, 0.15) is 49.9 Å². The Hall–Kier alpha value is -3.95. The molecule has 10 heteroatoms. The Kier molecular flexibility index (Phi) is 7.28. The summed E-state index contributed by atoms with van der Waals surface area (Å²) in [6, 6.07) is 12.7. The van der Waals surface area contributed by atoms with Crippen LogP contribution in [0.15, 0.2) is 42.5 Å². The van der Waals surface area contributed by atoms with E-state index in [0.29, 0.717) is 41.5 Å². The number of carboxylic acids is 1. The molecule has 3 atom stereocenters. The molecule has 2 amide bonds. The molecule has 1 aromatic carbocycles. The van der Waals surface area contributed by atoms with E-state index in [1.165, 1.54) is 4.68 Å². The number of rotatable bonds is 7. The highest BCUT2D eigenvalue weighted by Crippen LogP contribution is 2.31. The fraction of sp³-hybridized carbons (Fsp3) is 0.400. The maximum absolute atomic E-state index is 12.7. The van der Waals surface area contributed by atoms with Crippen LogP contribution in [0.4, 0.5) is 10.6 Å². The van der Waals surface area contributed by atoms with E-state index in [-0.39, 0.29) is 24.1 Å². The van der Waals surface area contributed by atoms with Gasteiger partial charge in [0.2, 0.25) is 0 Å². The number of hydrogen-bond acceptors (Lipinski definition) is 6. The molecule has 1 aliphatic carbocycles. The van der Waals surface area contributed by atoms with E-state index in [0.717, 1.165) is 18.4 Å². The zero-order valence-corrected chi connectivity index (χ0v) is 20.1. The molecule has 0 spiro atoms. The van der Waals surface area contributed by atoms with Crippen LogP contribution >= 0.6 is 0 Å². The average molecular weight is 479 g/mol. The number of amides is 2. The maximum atomic E-state index is 12.7. The monoisotopic (exact) mass is 478 g/mol. The van der Waals surface area contributed by atoms with Gasteiger partial charge in [-0.1, -0.05) is 35.5 Å². The number of carbonyl (C=O) groups is 2. The zero-order chi connectivity index (χ0) is 24.9. The van der Waals surface area contributed by atoms with Crippen LogP contribution in [-0.2, 0) is 11.8 Å². The smallest absolute Gasteiger partial charge is 0.320 e. The number of carboxylic acid groups (broad SMARTS) is 1. The standard InChI is InChI=1S/C25H30N6O4/c1-15(17-8-5-4-6-9-17)27-25(34)28-23-22(29-30-31(23)3)20-12-13-21(16(2)26-20)35-19-11-7-10-18(14-19)24(32)33/h4-6,8-9,12-13,15,18-19H,7,10-11,14H2,1-3H3,(H,32,33)(H2,27,28,34)/t15-,18?,19+/m1/s1. The maximum Gasteiger partial charge on any atom is 0.320 e. The minimum Gasteiger partial charge on any atom is -0.489 e. The number of urea groups is 1. The first-order valence-electron chi connectivity index (χ1n) is 11.7. The van der Waals surface area contributed by atoms with E-state index in [4.69, 9.17) is 4.74 Å². The first-order chi connectivity index (χ1) is 16.8. The number of nitrogens with one attached hydrogen (secondary N) is 2. The third kappa shape index (κ3) is 5.76. The first kappa shape index (κ1) is 24.2. The number of anilines is 1. The third-order valence-corrected chi connectivity index (χ3v) is 6.25. The van der Waals surface area contributed by atoms with Gasteiger partial charge < -0.3 is 15.2 Å². The summed E-state index contributed by atoms with van der Waals surface area (Å²) in [5.74, 6) is -0.115. The molecule has 0 saturated heterocycles. The zero-order valence-electron chi connectivity index (χ0n) is 20.1. The van der Waals surface area contributed by atoms with Crippen LogP contribution in [0.2, 0.25) is 0 Å². The highest BCUT2D eigenvalue weighted by molar-refractivity contribution is 5.92. The van der Waals surface area contributed by atoms with Gasteiger partial charge >= 0.3 is 12.0 Å². The molecule has 1 unspecified atom stereocenters. The van der Waals surface area contributed by atoms with Crippen molar-refractivity contribution >= 4 is 17.8 Å². The van der Waals surface area contributed by atoms with Gasteiger partial charge in [0, 0.05) is 7.05 Å². The number of carbonyl (C=O) groups excluding carboxylic acids is 1. The number of benzene rings is 1. The predicted molar refractivity (Wildman–Crippen MR) is 130 cm³/mol. The lowest BCUT2D eigenvalue weighted by Crippen LogP contribution is -2.32. The van der Waals surface area contributed by atoms with Gasteiger partial charge in [-0.15, -0.1) is 5.10 Å². The second kappa shape index (κ2) is 10.5. The SMILES string of the molecule is Cc1nc(-c2nnn(C)c2NC(=O)N[C@H](C)c2ccccc2)ccc1O[C@H]1CCCC(C(=O)O)C1. The summed E-state index contributed by atoms with van der Waals surface area (Å²) in [4.78, 5) is 28.6. The Morgan fingerprint density at radius 3 is 2.66 bits per heavy atom. The predicted octanol–water partition coefficient (Wildman–Crippen LogP) is 4.09. The normalized spacial score (nSPS) is 18.5. The molecule has 1 fully saturated rings. The summed E-state index contributed by atoms with van der Waals surface area (Å²) < 4.78 is 7.58. The fourth-order valence-electron chi connectivity index (χ4n) is 4.30. The van der Waals surface area contributed by atoms with Crippen molar-refractivity contribution in [3.8, 4) is 17.1 Å². The van der Waals surface area contributed by atoms with Crippen molar-refractivity contribution in [2.75, 3.05) is 5.32 Å². The van der Waals surface area contributed by atoms with Crippen molar-refractivity contribution in [2.45, 2.75) is 51.7 Å². The Balaban J connectivity index is 1.45. The van der Waals surface area contributed by atoms with Crippen LogP contribution in [0.5, 0.6) is 5.75 Å². The fourth-order valence-corrected chi connectivity index (χ4v) is 4.30. The lowest BCUT2D eigenvalue weighted by molar-refractivity contribution is -0.143. The molecule has 2 aromatic heterocycles. The molecular formula is C25H30N6O4. The molecule has 10 nitrogen and oxygen atoms in total. The van der Waals surface area contributed by atoms with E-state index in [1.54, 1.807) is 19.2 Å². The number of aliphatic carboxylic acids is 1. The summed E-state index contributed by atoms with van der Waals surface area (Å²) in [6.45, 7) is 3.74. The Labute approximate surface area is 203 Å². The molecule has 35 heavy (non-hydrogen) atoms. The second-order valence-corrected chi connectivity index (χ2v) is 8.86. The van der Waals surface area contributed by atoms with Crippen LogP contribution in [0.25, 0.3) is 11.4 Å². The summed E-state index contributed by atoms with van der Waals surface area (Å²) in [6.07, 6.45) is 2.67. The van der Waals surface area contributed by atoms with Crippen LogP contribution in [-0.4, -0.2) is 43.2 Å². The van der Waals surface area contributed by atoms with Crippen molar-refractivity contribution < 1.29 is 19.4 Å². The van der Waals surface area contributed by atoms with E-state index in [1.807, 2.05) is 44.2 Å².